The lowest BCUT2D eigenvalue weighted by Crippen LogP contribution is -2.25. The molecule has 1 amide bonds. The Morgan fingerprint density at radius 1 is 1.21 bits per heavy atom. The van der Waals surface area contributed by atoms with Gasteiger partial charge in [-0.2, -0.15) is 0 Å². The molecule has 0 unspecified atom stereocenters. The third-order valence-electron chi connectivity index (χ3n) is 3.69. The molecule has 0 aliphatic carbocycles. The second-order valence-electron chi connectivity index (χ2n) is 5.85. The van der Waals surface area contributed by atoms with Gasteiger partial charge in [0, 0.05) is 12.7 Å². The van der Waals surface area contributed by atoms with Crippen LogP contribution in [0.5, 0.6) is 0 Å². The fourth-order valence-corrected chi connectivity index (χ4v) is 4.16. The molecule has 8 nitrogen and oxygen atoms in total. The molecule has 29 heavy (non-hydrogen) atoms. The van der Waals surface area contributed by atoms with Crippen molar-refractivity contribution in [2.24, 2.45) is 0 Å². The van der Waals surface area contributed by atoms with Crippen molar-refractivity contribution in [3.05, 3.63) is 68.6 Å². The van der Waals surface area contributed by atoms with Crippen molar-refractivity contribution in [3.63, 3.8) is 0 Å². The van der Waals surface area contributed by atoms with Gasteiger partial charge in [-0.1, -0.05) is 29.0 Å². The number of carbonyl (C=O) groups excluding carboxylic acids is 1. The van der Waals surface area contributed by atoms with E-state index in [1.54, 1.807) is 6.07 Å². The highest BCUT2D eigenvalue weighted by Gasteiger charge is 2.16. The van der Waals surface area contributed by atoms with Crippen molar-refractivity contribution in [3.8, 4) is 0 Å². The fourth-order valence-electron chi connectivity index (χ4n) is 2.22. The van der Waals surface area contributed by atoms with Gasteiger partial charge in [0.25, 0.3) is 5.91 Å². The molecule has 2 aromatic heterocycles. The third-order valence-corrected chi connectivity index (χ3v) is 6.22. The summed E-state index contributed by atoms with van der Waals surface area (Å²) in [6, 6.07) is 6.20. The highest BCUT2D eigenvalue weighted by molar-refractivity contribution is 7.89. The van der Waals surface area contributed by atoms with Crippen molar-refractivity contribution in [1.29, 1.82) is 0 Å². The number of hydrogen-bond donors (Lipinski definition) is 2. The van der Waals surface area contributed by atoms with Crippen LogP contribution < -0.4 is 10.0 Å². The molecule has 0 saturated carbocycles. The number of rotatable bonds is 7. The van der Waals surface area contributed by atoms with Crippen LogP contribution in [0.3, 0.4) is 0 Å². The summed E-state index contributed by atoms with van der Waals surface area (Å²) in [5.74, 6) is -1.09. The molecule has 1 aromatic carbocycles. The maximum Gasteiger partial charge on any atom is 0.270 e. The number of benzene rings is 1. The van der Waals surface area contributed by atoms with Gasteiger partial charge < -0.3 is 5.32 Å². The number of halogens is 2. The number of amides is 1. The lowest BCUT2D eigenvalue weighted by Gasteiger charge is -2.08. The summed E-state index contributed by atoms with van der Waals surface area (Å²) in [6.07, 6.45) is 1.39. The Kier molecular flexibility index (Phi) is 6.52. The van der Waals surface area contributed by atoms with Crippen LogP contribution in [-0.2, 0) is 23.1 Å². The van der Waals surface area contributed by atoms with Crippen LogP contribution in [0.2, 0.25) is 5.02 Å². The van der Waals surface area contributed by atoms with Gasteiger partial charge in [-0.15, -0.1) is 10.2 Å². The third kappa shape index (κ3) is 5.54. The quantitative estimate of drug-likeness (QED) is 0.565. The summed E-state index contributed by atoms with van der Waals surface area (Å²) < 4.78 is 40.1. The number of nitrogens with one attached hydrogen (secondary N) is 2. The molecule has 0 bridgehead atoms. The van der Waals surface area contributed by atoms with Crippen LogP contribution in [-0.4, -0.2) is 29.5 Å². The molecular weight excluding hydrogens is 441 g/mol. The van der Waals surface area contributed by atoms with Crippen molar-refractivity contribution < 1.29 is 17.6 Å². The topological polar surface area (TPSA) is 114 Å². The molecule has 0 atom stereocenters. The first-order valence-electron chi connectivity index (χ1n) is 8.21. The van der Waals surface area contributed by atoms with Crippen LogP contribution in [0.25, 0.3) is 0 Å². The summed E-state index contributed by atoms with van der Waals surface area (Å²) in [5.41, 5.74) is 0.723. The first-order chi connectivity index (χ1) is 13.7. The molecule has 0 fully saturated rings. The second-order valence-corrected chi connectivity index (χ2v) is 9.29. The molecule has 0 spiro atoms. The summed E-state index contributed by atoms with van der Waals surface area (Å²) in [5, 5.41) is 11.7. The van der Waals surface area contributed by atoms with E-state index < -0.39 is 15.8 Å². The average Bonchev–Trinajstić information content (AvgIpc) is 3.12. The minimum atomic E-state index is -3.88. The van der Waals surface area contributed by atoms with Gasteiger partial charge in [0.2, 0.25) is 10.0 Å². The van der Waals surface area contributed by atoms with E-state index in [9.17, 15) is 17.6 Å². The molecule has 3 aromatic rings. The summed E-state index contributed by atoms with van der Waals surface area (Å²) >= 11 is 7.01. The Morgan fingerprint density at radius 3 is 2.62 bits per heavy atom. The monoisotopic (exact) mass is 455 g/mol. The molecule has 3 rings (SSSR count). The van der Waals surface area contributed by atoms with Crippen molar-refractivity contribution in [2.45, 2.75) is 24.9 Å². The molecule has 0 aliphatic heterocycles. The molecule has 0 aliphatic rings. The van der Waals surface area contributed by atoms with E-state index in [0.29, 0.717) is 10.6 Å². The summed E-state index contributed by atoms with van der Waals surface area (Å²) in [7, 11) is -3.88. The number of sulfonamides is 1. The van der Waals surface area contributed by atoms with Crippen LogP contribution in [0.15, 0.2) is 41.4 Å². The smallest absolute Gasteiger partial charge is 0.270 e. The van der Waals surface area contributed by atoms with Crippen LogP contribution >= 0.6 is 22.9 Å². The van der Waals surface area contributed by atoms with Gasteiger partial charge in [-0.25, -0.2) is 17.5 Å². The number of aromatic nitrogens is 3. The SMILES string of the molecule is Cc1nnc(CNC(=O)c2ccc(CNS(=O)(=O)c3ccc(F)c(Cl)c3)cn2)s1. The van der Waals surface area contributed by atoms with Gasteiger partial charge >= 0.3 is 0 Å². The van der Waals surface area contributed by atoms with E-state index in [1.165, 1.54) is 23.6 Å². The average molecular weight is 456 g/mol. The maximum absolute atomic E-state index is 13.2. The van der Waals surface area contributed by atoms with E-state index in [1.807, 2.05) is 6.92 Å². The molecule has 12 heteroatoms. The lowest BCUT2D eigenvalue weighted by atomic mass is 10.2. The Hall–Kier alpha value is -2.47. The zero-order chi connectivity index (χ0) is 21.0. The highest BCUT2D eigenvalue weighted by Crippen LogP contribution is 2.19. The molecule has 152 valence electrons. The minimum Gasteiger partial charge on any atom is -0.344 e. The number of pyridine rings is 1. The predicted molar refractivity (Wildman–Crippen MR) is 105 cm³/mol. The Labute approximate surface area is 175 Å². The first-order valence-corrected chi connectivity index (χ1v) is 10.9. The Bertz CT molecular complexity index is 1140. The molecule has 2 N–H and O–H groups in total. The van der Waals surface area contributed by atoms with E-state index in [2.05, 4.69) is 25.2 Å². The normalized spacial score (nSPS) is 11.4. The Morgan fingerprint density at radius 2 is 2.00 bits per heavy atom. The van der Waals surface area contributed by atoms with E-state index in [0.717, 1.165) is 23.2 Å². The summed E-state index contributed by atoms with van der Waals surface area (Å²) in [4.78, 5) is 16.0. The van der Waals surface area contributed by atoms with Crippen molar-refractivity contribution in [1.82, 2.24) is 25.2 Å². The van der Waals surface area contributed by atoms with E-state index >= 15 is 0 Å². The fraction of sp³-hybridized carbons (Fsp3) is 0.176. The predicted octanol–water partition coefficient (Wildman–Crippen LogP) is 2.44. The first kappa shape index (κ1) is 21.2. The van der Waals surface area contributed by atoms with Gasteiger partial charge in [0.15, 0.2) is 0 Å². The summed E-state index contributed by atoms with van der Waals surface area (Å²) in [6.45, 7) is 2.01. The van der Waals surface area contributed by atoms with Gasteiger partial charge in [-0.3, -0.25) is 9.78 Å². The van der Waals surface area contributed by atoms with E-state index in [-0.39, 0.29) is 34.6 Å². The van der Waals surface area contributed by atoms with Crippen molar-refractivity contribution in [2.75, 3.05) is 0 Å². The molecule has 0 saturated heterocycles. The zero-order valence-electron chi connectivity index (χ0n) is 15.0. The highest BCUT2D eigenvalue weighted by atomic mass is 35.5. The molecule has 2 heterocycles. The van der Waals surface area contributed by atoms with Gasteiger partial charge in [-0.05, 0) is 36.8 Å². The molecule has 0 radical (unpaired) electrons. The van der Waals surface area contributed by atoms with Gasteiger partial charge in [0.05, 0.1) is 16.5 Å². The zero-order valence-corrected chi connectivity index (χ0v) is 17.4. The van der Waals surface area contributed by atoms with Crippen LogP contribution in [0, 0.1) is 12.7 Å². The largest absolute Gasteiger partial charge is 0.344 e. The number of hydrogen-bond acceptors (Lipinski definition) is 7. The number of aryl methyl sites for hydroxylation is 1. The molecular formula is C17H15ClFN5O3S2. The second kappa shape index (κ2) is 8.91. The maximum atomic E-state index is 13.2. The van der Waals surface area contributed by atoms with E-state index in [4.69, 9.17) is 11.6 Å². The van der Waals surface area contributed by atoms with Crippen molar-refractivity contribution >= 4 is 38.9 Å². The standard InChI is InChI=1S/C17H15ClFN5O3S2/c1-10-23-24-16(28-10)9-21-17(25)15-5-2-11(7-20-15)8-22-29(26,27)12-3-4-14(19)13(18)6-12/h2-7,22H,8-9H2,1H3,(H,21,25). The van der Waals surface area contributed by atoms with Crippen LogP contribution in [0.1, 0.15) is 26.1 Å². The number of carbonyl (C=O) groups is 1. The lowest BCUT2D eigenvalue weighted by molar-refractivity contribution is 0.0946. The Balaban J connectivity index is 1.58. The number of nitrogens with zero attached hydrogens (tertiary/aromatic N) is 3. The van der Waals surface area contributed by atoms with Gasteiger partial charge in [0.1, 0.15) is 21.5 Å². The minimum absolute atomic E-state index is 0.0592. The van der Waals surface area contributed by atoms with Crippen LogP contribution in [0.4, 0.5) is 4.39 Å².